The van der Waals surface area contributed by atoms with Crippen molar-refractivity contribution in [1.82, 2.24) is 9.47 Å². The first-order valence-electron chi connectivity index (χ1n) is 10.4. The molecule has 0 aliphatic carbocycles. The summed E-state index contributed by atoms with van der Waals surface area (Å²) < 4.78 is 7.84. The SMILES string of the molecule is CCCCN(Cc1cccn1Cc1ccccc1Cl)C(=O)COCc1ccccc1. The van der Waals surface area contributed by atoms with Crippen LogP contribution in [0.4, 0.5) is 0 Å². The summed E-state index contributed by atoms with van der Waals surface area (Å²) in [7, 11) is 0. The Morgan fingerprint density at radius 1 is 1.03 bits per heavy atom. The van der Waals surface area contributed by atoms with Crippen LogP contribution in [0.2, 0.25) is 5.02 Å². The second-order valence-corrected chi connectivity index (χ2v) is 7.77. The van der Waals surface area contributed by atoms with Crippen LogP contribution in [0.1, 0.15) is 36.6 Å². The highest BCUT2D eigenvalue weighted by Gasteiger charge is 2.16. The Bertz CT molecular complexity index is 924. The first-order chi connectivity index (χ1) is 14.7. The van der Waals surface area contributed by atoms with Crippen LogP contribution < -0.4 is 0 Å². The van der Waals surface area contributed by atoms with Gasteiger partial charge in [-0.1, -0.05) is 73.5 Å². The van der Waals surface area contributed by atoms with Gasteiger partial charge < -0.3 is 14.2 Å². The predicted octanol–water partition coefficient (Wildman–Crippen LogP) is 5.54. The molecule has 0 unspecified atom stereocenters. The normalized spacial score (nSPS) is 10.9. The lowest BCUT2D eigenvalue weighted by Crippen LogP contribution is -2.35. The summed E-state index contributed by atoms with van der Waals surface area (Å²) in [5, 5.41) is 0.755. The molecule has 0 atom stereocenters. The maximum atomic E-state index is 12.9. The van der Waals surface area contributed by atoms with Gasteiger partial charge in [0, 0.05) is 30.0 Å². The lowest BCUT2D eigenvalue weighted by atomic mass is 10.2. The number of rotatable bonds is 11. The first kappa shape index (κ1) is 22.1. The fourth-order valence-electron chi connectivity index (χ4n) is 3.32. The van der Waals surface area contributed by atoms with Gasteiger partial charge in [-0.25, -0.2) is 0 Å². The molecule has 2 aromatic carbocycles. The molecule has 0 fully saturated rings. The summed E-state index contributed by atoms with van der Waals surface area (Å²) in [6.45, 7) is 4.63. The van der Waals surface area contributed by atoms with E-state index in [1.807, 2.05) is 71.8 Å². The van der Waals surface area contributed by atoms with Crippen molar-refractivity contribution < 1.29 is 9.53 Å². The van der Waals surface area contributed by atoms with Gasteiger partial charge in [0.1, 0.15) is 6.61 Å². The minimum absolute atomic E-state index is 0.0184. The highest BCUT2D eigenvalue weighted by Crippen LogP contribution is 2.18. The lowest BCUT2D eigenvalue weighted by molar-refractivity contribution is -0.137. The largest absolute Gasteiger partial charge is 0.367 e. The number of ether oxygens (including phenoxy) is 1. The van der Waals surface area contributed by atoms with E-state index in [4.69, 9.17) is 16.3 Å². The quantitative estimate of drug-likeness (QED) is 0.405. The molecule has 0 saturated carbocycles. The van der Waals surface area contributed by atoms with E-state index in [1.165, 1.54) is 0 Å². The van der Waals surface area contributed by atoms with Crippen LogP contribution in [-0.2, 0) is 29.2 Å². The molecule has 0 aliphatic heterocycles. The molecule has 0 spiro atoms. The lowest BCUT2D eigenvalue weighted by Gasteiger charge is -2.24. The van der Waals surface area contributed by atoms with Crippen LogP contribution in [0.25, 0.3) is 0 Å². The molecule has 30 heavy (non-hydrogen) atoms. The standard InChI is InChI=1S/C25H29ClN2O2/c1-2-3-15-28(25(29)20-30-19-21-10-5-4-6-11-21)18-23-13-9-16-27(23)17-22-12-7-8-14-24(22)26/h4-14,16H,2-3,15,17-20H2,1H3. The van der Waals surface area contributed by atoms with Crippen molar-refractivity contribution in [2.45, 2.75) is 39.5 Å². The molecule has 0 saturated heterocycles. The van der Waals surface area contributed by atoms with Gasteiger partial charge in [-0.05, 0) is 35.7 Å². The summed E-state index contributed by atoms with van der Waals surface area (Å²) in [5.74, 6) is 0.0184. The van der Waals surface area contributed by atoms with Crippen LogP contribution in [0.15, 0.2) is 72.9 Å². The Hall–Kier alpha value is -2.56. The zero-order valence-electron chi connectivity index (χ0n) is 17.5. The van der Waals surface area contributed by atoms with Crippen molar-refractivity contribution in [2.75, 3.05) is 13.2 Å². The third-order valence-corrected chi connectivity index (χ3v) is 5.42. The zero-order chi connectivity index (χ0) is 21.2. The van der Waals surface area contributed by atoms with Crippen LogP contribution in [0, 0.1) is 0 Å². The van der Waals surface area contributed by atoms with Crippen molar-refractivity contribution in [3.63, 3.8) is 0 Å². The molecule has 5 heteroatoms. The molecule has 158 valence electrons. The Kier molecular flexibility index (Phi) is 8.54. The topological polar surface area (TPSA) is 34.5 Å². The Labute approximate surface area is 184 Å². The highest BCUT2D eigenvalue weighted by molar-refractivity contribution is 6.31. The molecule has 1 heterocycles. The molecular weight excluding hydrogens is 396 g/mol. The average Bonchev–Trinajstić information content (AvgIpc) is 3.20. The number of carbonyl (C=O) groups is 1. The average molecular weight is 425 g/mol. The first-order valence-corrected chi connectivity index (χ1v) is 10.8. The minimum atomic E-state index is 0.0184. The van der Waals surface area contributed by atoms with Crippen molar-refractivity contribution in [1.29, 1.82) is 0 Å². The second-order valence-electron chi connectivity index (χ2n) is 7.37. The third-order valence-electron chi connectivity index (χ3n) is 5.05. The van der Waals surface area contributed by atoms with Crippen LogP contribution in [-0.4, -0.2) is 28.5 Å². The van der Waals surface area contributed by atoms with Gasteiger partial charge in [-0.15, -0.1) is 0 Å². The molecule has 3 aromatic rings. The Morgan fingerprint density at radius 2 is 1.80 bits per heavy atom. The summed E-state index contributed by atoms with van der Waals surface area (Å²) in [5.41, 5.74) is 3.22. The maximum Gasteiger partial charge on any atom is 0.248 e. The fraction of sp³-hybridized carbons (Fsp3) is 0.320. The van der Waals surface area contributed by atoms with E-state index in [2.05, 4.69) is 17.6 Å². The zero-order valence-corrected chi connectivity index (χ0v) is 18.2. The van der Waals surface area contributed by atoms with Gasteiger partial charge in [0.05, 0.1) is 13.2 Å². The van der Waals surface area contributed by atoms with Gasteiger partial charge in [-0.2, -0.15) is 0 Å². The molecule has 0 N–H and O–H groups in total. The van der Waals surface area contributed by atoms with E-state index in [0.717, 1.165) is 41.2 Å². The predicted molar refractivity (Wildman–Crippen MR) is 121 cm³/mol. The van der Waals surface area contributed by atoms with Crippen LogP contribution in [0.5, 0.6) is 0 Å². The van der Waals surface area contributed by atoms with E-state index in [9.17, 15) is 4.79 Å². The Morgan fingerprint density at radius 3 is 2.57 bits per heavy atom. The molecule has 1 amide bonds. The van der Waals surface area contributed by atoms with Crippen molar-refractivity contribution in [3.8, 4) is 0 Å². The van der Waals surface area contributed by atoms with Gasteiger partial charge in [0.15, 0.2) is 0 Å². The van der Waals surface area contributed by atoms with Crippen molar-refractivity contribution in [2.24, 2.45) is 0 Å². The number of benzene rings is 2. The number of unbranched alkanes of at least 4 members (excludes halogenated alkanes) is 1. The molecule has 1 aromatic heterocycles. The number of nitrogens with zero attached hydrogens (tertiary/aromatic N) is 2. The minimum Gasteiger partial charge on any atom is -0.367 e. The van der Waals surface area contributed by atoms with Gasteiger partial charge in [0.25, 0.3) is 0 Å². The molecule has 3 rings (SSSR count). The number of carbonyl (C=O) groups excluding carboxylic acids is 1. The number of hydrogen-bond acceptors (Lipinski definition) is 2. The van der Waals surface area contributed by atoms with Crippen molar-refractivity contribution in [3.05, 3.63) is 94.8 Å². The number of halogens is 1. The number of aromatic nitrogens is 1. The Balaban J connectivity index is 1.62. The highest BCUT2D eigenvalue weighted by atomic mass is 35.5. The van der Waals surface area contributed by atoms with Crippen LogP contribution in [0.3, 0.4) is 0 Å². The van der Waals surface area contributed by atoms with E-state index in [-0.39, 0.29) is 12.5 Å². The van der Waals surface area contributed by atoms with E-state index in [0.29, 0.717) is 19.7 Å². The van der Waals surface area contributed by atoms with E-state index >= 15 is 0 Å². The van der Waals surface area contributed by atoms with Crippen molar-refractivity contribution >= 4 is 17.5 Å². The summed E-state index contributed by atoms with van der Waals surface area (Å²) >= 11 is 6.33. The monoisotopic (exact) mass is 424 g/mol. The van der Waals surface area contributed by atoms with Gasteiger partial charge in [-0.3, -0.25) is 4.79 Å². The molecule has 0 aliphatic rings. The summed E-state index contributed by atoms with van der Waals surface area (Å²) in [6, 6.07) is 21.9. The summed E-state index contributed by atoms with van der Waals surface area (Å²) in [4.78, 5) is 14.8. The fourth-order valence-corrected chi connectivity index (χ4v) is 3.51. The second kappa shape index (κ2) is 11.6. The molecule has 0 bridgehead atoms. The smallest absolute Gasteiger partial charge is 0.248 e. The van der Waals surface area contributed by atoms with Crippen LogP contribution >= 0.6 is 11.6 Å². The van der Waals surface area contributed by atoms with Gasteiger partial charge in [0.2, 0.25) is 5.91 Å². The van der Waals surface area contributed by atoms with E-state index < -0.39 is 0 Å². The number of amides is 1. The maximum absolute atomic E-state index is 12.9. The van der Waals surface area contributed by atoms with Gasteiger partial charge >= 0.3 is 0 Å². The summed E-state index contributed by atoms with van der Waals surface area (Å²) in [6.07, 6.45) is 4.04. The van der Waals surface area contributed by atoms with E-state index in [1.54, 1.807) is 0 Å². The molecule has 4 nitrogen and oxygen atoms in total. The molecule has 0 radical (unpaired) electrons. The molecular formula is C25H29ClN2O2. The third kappa shape index (κ3) is 6.48. The number of hydrogen-bond donors (Lipinski definition) is 0.